The van der Waals surface area contributed by atoms with Gasteiger partial charge in [0.1, 0.15) is 16.8 Å². The van der Waals surface area contributed by atoms with Gasteiger partial charge in [0.15, 0.2) is 5.82 Å². The smallest absolute Gasteiger partial charge is 0.222 e. The van der Waals surface area contributed by atoms with E-state index in [4.69, 9.17) is 16.2 Å². The molecule has 1 atom stereocenters. The Kier molecular flexibility index (Phi) is 7.81. The van der Waals surface area contributed by atoms with Gasteiger partial charge in [-0.1, -0.05) is 25.5 Å². The number of fused-ring (bicyclic) bond motifs is 1. The summed E-state index contributed by atoms with van der Waals surface area (Å²) in [5.41, 5.74) is 15.7. The number of nitrogens with zero attached hydrogens (tertiary/aromatic N) is 4. The van der Waals surface area contributed by atoms with Gasteiger partial charge in [-0.05, 0) is 43.7 Å². The molecule has 7 N–H and O–H groups in total. The lowest BCUT2D eigenvalue weighted by atomic mass is 9.93. The summed E-state index contributed by atoms with van der Waals surface area (Å²) in [6.45, 7) is 3.34. The number of benzene rings is 1. The highest BCUT2D eigenvalue weighted by Gasteiger charge is 2.19. The van der Waals surface area contributed by atoms with Crippen LogP contribution < -0.4 is 26.8 Å². The molecule has 0 aliphatic heterocycles. The van der Waals surface area contributed by atoms with Crippen LogP contribution in [0, 0.1) is 0 Å². The molecular weight excluding hydrogens is 432 g/mol. The maximum absolute atomic E-state index is 9.70. The Morgan fingerprint density at radius 1 is 1.24 bits per heavy atom. The molecule has 4 rings (SSSR count). The first kappa shape index (κ1) is 24.2. The van der Waals surface area contributed by atoms with Crippen molar-refractivity contribution in [2.45, 2.75) is 76.8 Å². The summed E-state index contributed by atoms with van der Waals surface area (Å²) in [5, 5.41) is 21.1. The average molecular weight is 469 g/mol. The van der Waals surface area contributed by atoms with E-state index < -0.39 is 0 Å². The van der Waals surface area contributed by atoms with Crippen LogP contribution >= 0.6 is 0 Å². The van der Waals surface area contributed by atoms with Gasteiger partial charge in [-0.3, -0.25) is 4.68 Å². The van der Waals surface area contributed by atoms with Crippen LogP contribution in [0.3, 0.4) is 0 Å². The van der Waals surface area contributed by atoms with Crippen molar-refractivity contribution in [2.75, 3.05) is 18.2 Å². The van der Waals surface area contributed by atoms with Crippen molar-refractivity contribution in [3.05, 3.63) is 35.5 Å². The molecule has 10 nitrogen and oxygen atoms in total. The van der Waals surface area contributed by atoms with Crippen molar-refractivity contribution in [3.63, 3.8) is 0 Å². The normalized spacial score (nSPS) is 19.3. The largest absolute Gasteiger partial charge is 0.496 e. The van der Waals surface area contributed by atoms with E-state index in [0.717, 1.165) is 67.5 Å². The van der Waals surface area contributed by atoms with Crippen LogP contribution in [0.1, 0.15) is 56.6 Å². The molecule has 1 saturated carbocycles. The molecule has 0 bridgehead atoms. The molecular formula is C24H36N8O2. The number of nitrogen functional groups attached to an aromatic ring is 1. The molecule has 10 heteroatoms. The van der Waals surface area contributed by atoms with Crippen molar-refractivity contribution >= 4 is 22.8 Å². The Morgan fingerprint density at radius 3 is 2.76 bits per heavy atom. The minimum atomic E-state index is -0.236. The first-order valence-electron chi connectivity index (χ1n) is 12.0. The van der Waals surface area contributed by atoms with Crippen molar-refractivity contribution in [1.29, 1.82) is 0 Å². The van der Waals surface area contributed by atoms with E-state index in [0.29, 0.717) is 23.9 Å². The minimum absolute atomic E-state index is 0.143. The Bertz CT molecular complexity index is 1090. The maximum atomic E-state index is 9.70. The molecule has 34 heavy (non-hydrogen) atoms. The van der Waals surface area contributed by atoms with Gasteiger partial charge in [0.25, 0.3) is 0 Å². The Balaban J connectivity index is 1.52. The van der Waals surface area contributed by atoms with Gasteiger partial charge in [0, 0.05) is 18.2 Å². The lowest BCUT2D eigenvalue weighted by Crippen LogP contribution is -2.34. The number of ether oxygens (including phenoxy) is 1. The summed E-state index contributed by atoms with van der Waals surface area (Å²) in [4.78, 5) is 8.72. The highest BCUT2D eigenvalue weighted by Crippen LogP contribution is 2.26. The van der Waals surface area contributed by atoms with Crippen molar-refractivity contribution in [3.8, 4) is 5.75 Å². The molecule has 1 aromatic carbocycles. The number of hydrogen-bond donors (Lipinski definition) is 5. The van der Waals surface area contributed by atoms with Crippen LogP contribution in [0.5, 0.6) is 5.75 Å². The molecule has 184 valence electrons. The van der Waals surface area contributed by atoms with E-state index in [1.807, 2.05) is 4.68 Å². The highest BCUT2D eigenvalue weighted by atomic mass is 16.5. The Hall–Kier alpha value is -2.95. The number of aliphatic hydroxyl groups excluding tert-OH is 1. The maximum Gasteiger partial charge on any atom is 0.222 e. The van der Waals surface area contributed by atoms with E-state index in [1.54, 1.807) is 13.3 Å². The second-order valence-electron chi connectivity index (χ2n) is 9.04. The van der Waals surface area contributed by atoms with Crippen LogP contribution in [0.2, 0.25) is 0 Å². The van der Waals surface area contributed by atoms with E-state index in [-0.39, 0.29) is 18.2 Å². The third-order valence-corrected chi connectivity index (χ3v) is 6.39. The predicted octanol–water partition coefficient (Wildman–Crippen LogP) is 2.36. The molecule has 2 aromatic heterocycles. The second-order valence-corrected chi connectivity index (χ2v) is 9.04. The van der Waals surface area contributed by atoms with E-state index in [2.05, 4.69) is 50.8 Å². The summed E-state index contributed by atoms with van der Waals surface area (Å²) < 4.78 is 7.56. The number of methoxy groups -OCH3 is 1. The summed E-state index contributed by atoms with van der Waals surface area (Å²) in [6, 6.07) is 6.69. The number of aromatic nitrogens is 4. The van der Waals surface area contributed by atoms with Crippen molar-refractivity contribution < 1.29 is 9.84 Å². The standard InChI is InChI=1S/C24H36N8O2/c1-3-4-21(25)30-23-22-19(29-24(26)31-23)13-28-32(22)14-16-6-5-15(11-20(16)34-2)12-27-17-7-9-18(33)10-8-17/h5-6,11,13,17-18,21,27,33H,3-4,7-10,12,14,25H2,1-2H3,(H3,26,29,30,31). The fraction of sp³-hybridized carbons (Fsp3) is 0.542. The number of hydrogen-bond acceptors (Lipinski definition) is 9. The molecule has 0 spiro atoms. The fourth-order valence-corrected chi connectivity index (χ4v) is 4.53. The second kappa shape index (κ2) is 11.0. The van der Waals surface area contributed by atoms with Gasteiger partial charge in [-0.2, -0.15) is 10.1 Å². The third-order valence-electron chi connectivity index (χ3n) is 6.39. The summed E-state index contributed by atoms with van der Waals surface area (Å²) in [6.07, 6.45) is 6.83. The third kappa shape index (κ3) is 5.75. The van der Waals surface area contributed by atoms with Crippen LogP contribution in [-0.2, 0) is 13.1 Å². The Labute approximate surface area is 200 Å². The van der Waals surface area contributed by atoms with Crippen LogP contribution in [0.25, 0.3) is 11.0 Å². The zero-order valence-corrected chi connectivity index (χ0v) is 20.0. The van der Waals surface area contributed by atoms with Crippen LogP contribution in [0.4, 0.5) is 11.8 Å². The monoisotopic (exact) mass is 468 g/mol. The first-order valence-corrected chi connectivity index (χ1v) is 12.0. The predicted molar refractivity (Wildman–Crippen MR) is 133 cm³/mol. The van der Waals surface area contributed by atoms with Gasteiger partial charge in [0.2, 0.25) is 5.95 Å². The van der Waals surface area contributed by atoms with E-state index >= 15 is 0 Å². The van der Waals surface area contributed by atoms with Crippen LogP contribution in [0.15, 0.2) is 24.4 Å². The molecule has 0 saturated heterocycles. The summed E-state index contributed by atoms with van der Waals surface area (Å²) in [7, 11) is 1.68. The van der Waals surface area contributed by atoms with E-state index in [1.165, 1.54) is 0 Å². The molecule has 0 amide bonds. The van der Waals surface area contributed by atoms with Crippen LogP contribution in [-0.4, -0.2) is 50.3 Å². The van der Waals surface area contributed by atoms with Gasteiger partial charge in [0.05, 0.1) is 32.1 Å². The molecule has 1 unspecified atom stereocenters. The molecule has 1 fully saturated rings. The number of nitrogens with one attached hydrogen (secondary N) is 2. The fourth-order valence-electron chi connectivity index (χ4n) is 4.53. The molecule has 0 radical (unpaired) electrons. The van der Waals surface area contributed by atoms with Gasteiger partial charge in [-0.15, -0.1) is 0 Å². The summed E-state index contributed by atoms with van der Waals surface area (Å²) in [5.74, 6) is 1.56. The molecule has 3 aromatic rings. The number of anilines is 2. The zero-order valence-electron chi connectivity index (χ0n) is 20.0. The quantitative estimate of drug-likeness (QED) is 0.283. The first-order chi connectivity index (χ1) is 16.5. The SMILES string of the molecule is CCCC(N)Nc1nc(N)nc2cnn(Cc3ccc(CNC4CCC(O)CC4)cc3OC)c12. The molecule has 2 heterocycles. The van der Waals surface area contributed by atoms with Crippen molar-refractivity contribution in [2.24, 2.45) is 5.73 Å². The number of rotatable bonds is 10. The van der Waals surface area contributed by atoms with Gasteiger partial charge >= 0.3 is 0 Å². The molecule has 1 aliphatic carbocycles. The van der Waals surface area contributed by atoms with Crippen molar-refractivity contribution in [1.82, 2.24) is 25.1 Å². The highest BCUT2D eigenvalue weighted by molar-refractivity contribution is 5.86. The molecule has 1 aliphatic rings. The number of aliphatic hydroxyl groups is 1. The number of nitrogens with two attached hydrogens (primary N) is 2. The summed E-state index contributed by atoms with van der Waals surface area (Å²) >= 11 is 0. The van der Waals surface area contributed by atoms with Gasteiger partial charge < -0.3 is 31.9 Å². The zero-order chi connectivity index (χ0) is 24.1. The van der Waals surface area contributed by atoms with Gasteiger partial charge in [-0.25, -0.2) is 4.98 Å². The topological polar surface area (TPSA) is 149 Å². The minimum Gasteiger partial charge on any atom is -0.496 e. The lowest BCUT2D eigenvalue weighted by molar-refractivity contribution is 0.116. The Morgan fingerprint density at radius 2 is 2.03 bits per heavy atom. The average Bonchev–Trinajstić information content (AvgIpc) is 3.22. The lowest BCUT2D eigenvalue weighted by Gasteiger charge is -2.26. The van der Waals surface area contributed by atoms with E-state index in [9.17, 15) is 5.11 Å².